The highest BCUT2D eigenvalue weighted by atomic mass is 35.5. The predicted molar refractivity (Wildman–Crippen MR) is 101 cm³/mol. The van der Waals surface area contributed by atoms with Crippen LogP contribution in [0, 0.1) is 6.92 Å². The largest absolute Gasteiger partial charge is 0.484 e. The van der Waals surface area contributed by atoms with Crippen molar-refractivity contribution >= 4 is 27.5 Å². The van der Waals surface area contributed by atoms with Gasteiger partial charge in [-0.3, -0.25) is 4.79 Å². The number of hydrogen-bond acceptors (Lipinski definition) is 4. The lowest BCUT2D eigenvalue weighted by molar-refractivity contribution is -0.134. The lowest BCUT2D eigenvalue weighted by Crippen LogP contribution is -2.33. The van der Waals surface area contributed by atoms with Crippen molar-refractivity contribution in [3.8, 4) is 5.75 Å². The number of amides is 1. The van der Waals surface area contributed by atoms with E-state index in [1.54, 1.807) is 37.4 Å². The van der Waals surface area contributed by atoms with E-state index in [1.165, 1.54) is 17.0 Å². The van der Waals surface area contributed by atoms with Crippen LogP contribution in [0.3, 0.4) is 0 Å². The molecule has 2 rings (SSSR count). The number of sulfonamides is 1. The molecule has 0 aromatic heterocycles. The maximum absolute atomic E-state index is 12.4. The summed E-state index contributed by atoms with van der Waals surface area (Å²) in [4.78, 5) is 13.9. The Morgan fingerprint density at radius 3 is 2.38 bits per heavy atom. The molecule has 1 atom stereocenters. The van der Waals surface area contributed by atoms with Crippen molar-refractivity contribution in [2.75, 3.05) is 13.7 Å². The van der Waals surface area contributed by atoms with Crippen LogP contribution in [-0.2, 0) is 14.8 Å². The molecule has 0 radical (unpaired) electrons. The lowest BCUT2D eigenvalue weighted by Gasteiger charge is -2.25. The zero-order valence-corrected chi connectivity index (χ0v) is 16.3. The molecule has 2 aromatic carbocycles. The summed E-state index contributed by atoms with van der Waals surface area (Å²) in [6, 6.07) is 11.1. The molecule has 1 amide bonds. The SMILES string of the molecule is Cc1cc(OCC(=O)N(C)C(C)c2ccc(S(N)(=O)=O)cc2)ccc1Cl. The molecule has 2 N–H and O–H groups in total. The first-order valence-electron chi connectivity index (χ1n) is 7.87. The van der Waals surface area contributed by atoms with Gasteiger partial charge in [0, 0.05) is 12.1 Å². The predicted octanol–water partition coefficient (Wildman–Crippen LogP) is 2.89. The fraction of sp³-hybridized carbons (Fsp3) is 0.278. The third-order valence-corrected chi connectivity index (χ3v) is 5.51. The van der Waals surface area contributed by atoms with E-state index in [2.05, 4.69) is 0 Å². The van der Waals surface area contributed by atoms with Crippen molar-refractivity contribution in [2.24, 2.45) is 5.14 Å². The number of likely N-dealkylation sites (N-methyl/N-ethyl adjacent to an activating group) is 1. The van der Waals surface area contributed by atoms with Gasteiger partial charge in [-0.15, -0.1) is 0 Å². The minimum atomic E-state index is -3.74. The highest BCUT2D eigenvalue weighted by molar-refractivity contribution is 7.89. The molecule has 0 saturated heterocycles. The molecule has 0 saturated carbocycles. The topological polar surface area (TPSA) is 89.7 Å². The standard InChI is InChI=1S/C18H21ClN2O4S/c1-12-10-15(6-9-17(12)19)25-11-18(22)21(3)13(2)14-4-7-16(8-5-14)26(20,23)24/h4-10,13H,11H2,1-3H3,(H2,20,23,24). The van der Waals surface area contributed by atoms with E-state index in [9.17, 15) is 13.2 Å². The Bertz CT molecular complexity index is 898. The minimum Gasteiger partial charge on any atom is -0.484 e. The van der Waals surface area contributed by atoms with Gasteiger partial charge >= 0.3 is 0 Å². The second-order valence-corrected chi connectivity index (χ2v) is 7.96. The molecule has 0 bridgehead atoms. The van der Waals surface area contributed by atoms with E-state index < -0.39 is 10.0 Å². The Morgan fingerprint density at radius 2 is 1.85 bits per heavy atom. The maximum atomic E-state index is 12.4. The van der Waals surface area contributed by atoms with Crippen molar-refractivity contribution < 1.29 is 17.9 Å². The molecule has 6 nitrogen and oxygen atoms in total. The summed E-state index contributed by atoms with van der Waals surface area (Å²) < 4.78 is 28.1. The van der Waals surface area contributed by atoms with Gasteiger partial charge in [0.2, 0.25) is 10.0 Å². The van der Waals surface area contributed by atoms with Crippen molar-refractivity contribution in [1.82, 2.24) is 4.90 Å². The second kappa shape index (κ2) is 8.07. The molecule has 26 heavy (non-hydrogen) atoms. The molecule has 1 unspecified atom stereocenters. The third kappa shape index (κ3) is 4.97. The van der Waals surface area contributed by atoms with Crippen LogP contribution < -0.4 is 9.88 Å². The van der Waals surface area contributed by atoms with Crippen molar-refractivity contribution in [1.29, 1.82) is 0 Å². The highest BCUT2D eigenvalue weighted by Gasteiger charge is 2.19. The number of hydrogen-bond donors (Lipinski definition) is 1. The van der Waals surface area contributed by atoms with E-state index in [4.69, 9.17) is 21.5 Å². The highest BCUT2D eigenvalue weighted by Crippen LogP contribution is 2.23. The minimum absolute atomic E-state index is 0.0314. The molecular formula is C18H21ClN2O4S. The summed E-state index contributed by atoms with van der Waals surface area (Å²) in [5, 5.41) is 5.73. The van der Waals surface area contributed by atoms with Gasteiger partial charge in [-0.05, 0) is 55.3 Å². The zero-order valence-electron chi connectivity index (χ0n) is 14.8. The number of carbonyl (C=O) groups is 1. The first kappa shape index (κ1) is 20.2. The van der Waals surface area contributed by atoms with E-state index >= 15 is 0 Å². The Kier molecular flexibility index (Phi) is 6.28. The van der Waals surface area contributed by atoms with Gasteiger partial charge in [0.15, 0.2) is 6.61 Å². The third-order valence-electron chi connectivity index (χ3n) is 4.16. The number of primary sulfonamides is 1. The summed E-state index contributed by atoms with van der Waals surface area (Å²) in [7, 11) is -2.07. The number of nitrogens with zero attached hydrogens (tertiary/aromatic N) is 1. The number of carbonyl (C=O) groups excluding carboxylic acids is 1. The summed E-state index contributed by atoms with van der Waals surface area (Å²) in [5.41, 5.74) is 1.66. The molecule has 0 aliphatic heterocycles. The monoisotopic (exact) mass is 396 g/mol. The van der Waals surface area contributed by atoms with Crippen LogP contribution in [-0.4, -0.2) is 32.9 Å². The molecule has 8 heteroatoms. The summed E-state index contributed by atoms with van der Waals surface area (Å²) in [6.45, 7) is 3.59. The summed E-state index contributed by atoms with van der Waals surface area (Å²) in [5.74, 6) is 0.361. The molecule has 0 fully saturated rings. The van der Waals surface area contributed by atoms with Crippen LogP contribution in [0.4, 0.5) is 0 Å². The average Bonchev–Trinajstić information content (AvgIpc) is 2.60. The maximum Gasteiger partial charge on any atom is 0.260 e. The van der Waals surface area contributed by atoms with E-state index in [-0.39, 0.29) is 23.5 Å². The first-order valence-corrected chi connectivity index (χ1v) is 9.79. The van der Waals surface area contributed by atoms with Crippen LogP contribution >= 0.6 is 11.6 Å². The van der Waals surface area contributed by atoms with Gasteiger partial charge in [0.05, 0.1) is 10.9 Å². The number of nitrogens with two attached hydrogens (primary N) is 1. The number of benzene rings is 2. The number of halogens is 1. The molecule has 0 spiro atoms. The summed E-state index contributed by atoms with van der Waals surface area (Å²) >= 11 is 5.97. The normalized spacial score (nSPS) is 12.5. The van der Waals surface area contributed by atoms with Gasteiger partial charge in [-0.1, -0.05) is 23.7 Å². The fourth-order valence-electron chi connectivity index (χ4n) is 2.33. The molecular weight excluding hydrogens is 376 g/mol. The second-order valence-electron chi connectivity index (χ2n) is 5.99. The van der Waals surface area contributed by atoms with Crippen LogP contribution in [0.15, 0.2) is 47.4 Å². The molecule has 0 heterocycles. The van der Waals surface area contributed by atoms with Crippen molar-refractivity contribution in [3.63, 3.8) is 0 Å². The molecule has 140 valence electrons. The molecule has 0 aliphatic rings. The van der Waals surface area contributed by atoms with Gasteiger partial charge in [-0.2, -0.15) is 0 Å². The Balaban J connectivity index is 2.01. The van der Waals surface area contributed by atoms with Crippen molar-refractivity contribution in [2.45, 2.75) is 24.8 Å². The first-order chi connectivity index (χ1) is 12.1. The lowest BCUT2D eigenvalue weighted by atomic mass is 10.1. The van der Waals surface area contributed by atoms with E-state index in [0.29, 0.717) is 10.8 Å². The Labute approximate surface area is 158 Å². The van der Waals surface area contributed by atoms with Gasteiger partial charge in [-0.25, -0.2) is 13.6 Å². The smallest absolute Gasteiger partial charge is 0.260 e. The van der Waals surface area contributed by atoms with Gasteiger partial charge in [0.1, 0.15) is 5.75 Å². The number of rotatable bonds is 6. The van der Waals surface area contributed by atoms with Crippen molar-refractivity contribution in [3.05, 3.63) is 58.6 Å². The zero-order chi connectivity index (χ0) is 19.5. The molecule has 0 aliphatic carbocycles. The Hall–Kier alpha value is -2.09. The van der Waals surface area contributed by atoms with E-state index in [1.807, 2.05) is 13.8 Å². The number of ether oxygens (including phenoxy) is 1. The van der Waals surface area contributed by atoms with Crippen LogP contribution in [0.5, 0.6) is 5.75 Å². The van der Waals surface area contributed by atoms with Gasteiger partial charge < -0.3 is 9.64 Å². The fourth-order valence-corrected chi connectivity index (χ4v) is 2.96. The Morgan fingerprint density at radius 1 is 1.23 bits per heavy atom. The van der Waals surface area contributed by atoms with Crippen LogP contribution in [0.1, 0.15) is 24.1 Å². The van der Waals surface area contributed by atoms with Gasteiger partial charge in [0.25, 0.3) is 5.91 Å². The summed E-state index contributed by atoms with van der Waals surface area (Å²) in [6.07, 6.45) is 0. The molecule has 2 aromatic rings. The average molecular weight is 397 g/mol. The quantitative estimate of drug-likeness (QED) is 0.812. The van der Waals surface area contributed by atoms with Crippen LogP contribution in [0.25, 0.3) is 0 Å². The van der Waals surface area contributed by atoms with E-state index in [0.717, 1.165) is 11.1 Å². The van der Waals surface area contributed by atoms with Crippen LogP contribution in [0.2, 0.25) is 5.02 Å². The number of aryl methyl sites for hydroxylation is 1.